The van der Waals surface area contributed by atoms with E-state index in [0.717, 1.165) is 11.1 Å². The SMILES string of the molecule is CC(C)c1ccc(C(=O)Nc2cc(OCC(=O)OCc3ccccc3)ccc2NC(=O)c2cccc(/C(N)=N\O)c2)cc1. The Bertz CT molecular complexity index is 1620. The fourth-order valence-electron chi connectivity index (χ4n) is 4.03. The number of carbonyl (C=O) groups excluding carboxylic acids is 3. The van der Waals surface area contributed by atoms with Crippen molar-refractivity contribution in [2.45, 2.75) is 26.4 Å². The van der Waals surface area contributed by atoms with E-state index in [1.807, 2.05) is 42.5 Å². The van der Waals surface area contributed by atoms with Crippen molar-refractivity contribution < 1.29 is 29.1 Å². The lowest BCUT2D eigenvalue weighted by molar-refractivity contribution is -0.147. The molecule has 220 valence electrons. The Labute approximate surface area is 249 Å². The Kier molecular flexibility index (Phi) is 10.1. The number of oxime groups is 1. The number of nitrogens with zero attached hydrogens (tertiary/aromatic N) is 1. The quantitative estimate of drug-likeness (QED) is 0.0598. The zero-order chi connectivity index (χ0) is 30.8. The number of hydrogen-bond donors (Lipinski definition) is 4. The minimum absolute atomic E-state index is 0.113. The number of carbonyl (C=O) groups is 3. The van der Waals surface area contributed by atoms with Gasteiger partial charge in [0.1, 0.15) is 12.4 Å². The van der Waals surface area contributed by atoms with E-state index in [2.05, 4.69) is 29.6 Å². The van der Waals surface area contributed by atoms with Crippen LogP contribution in [0.25, 0.3) is 0 Å². The van der Waals surface area contributed by atoms with Crippen molar-refractivity contribution >= 4 is 35.0 Å². The van der Waals surface area contributed by atoms with E-state index < -0.39 is 17.8 Å². The van der Waals surface area contributed by atoms with Gasteiger partial charge in [-0.2, -0.15) is 0 Å². The van der Waals surface area contributed by atoms with E-state index in [9.17, 15) is 14.4 Å². The highest BCUT2D eigenvalue weighted by molar-refractivity contribution is 6.11. The van der Waals surface area contributed by atoms with Gasteiger partial charge in [0.05, 0.1) is 11.4 Å². The van der Waals surface area contributed by atoms with Crippen LogP contribution in [-0.2, 0) is 16.1 Å². The van der Waals surface area contributed by atoms with E-state index >= 15 is 0 Å². The van der Waals surface area contributed by atoms with Crippen LogP contribution in [0.3, 0.4) is 0 Å². The summed E-state index contributed by atoms with van der Waals surface area (Å²) in [7, 11) is 0. The molecule has 0 aliphatic carbocycles. The van der Waals surface area contributed by atoms with Crippen LogP contribution in [0.5, 0.6) is 5.75 Å². The Morgan fingerprint density at radius 2 is 1.47 bits per heavy atom. The molecule has 0 bridgehead atoms. The zero-order valence-corrected chi connectivity index (χ0v) is 23.7. The van der Waals surface area contributed by atoms with Gasteiger partial charge in [-0.15, -0.1) is 0 Å². The summed E-state index contributed by atoms with van der Waals surface area (Å²) in [6.45, 7) is 3.88. The van der Waals surface area contributed by atoms with Crippen molar-refractivity contribution in [1.82, 2.24) is 0 Å². The molecule has 0 aliphatic rings. The van der Waals surface area contributed by atoms with Crippen molar-refractivity contribution in [3.05, 3.63) is 125 Å². The number of nitrogens with two attached hydrogens (primary N) is 1. The molecule has 4 aromatic carbocycles. The third-order valence-corrected chi connectivity index (χ3v) is 6.45. The molecule has 0 saturated heterocycles. The number of esters is 1. The molecule has 2 amide bonds. The Morgan fingerprint density at radius 3 is 2.16 bits per heavy atom. The maximum absolute atomic E-state index is 13.2. The van der Waals surface area contributed by atoms with Gasteiger partial charge >= 0.3 is 5.97 Å². The third kappa shape index (κ3) is 8.43. The smallest absolute Gasteiger partial charge is 0.344 e. The van der Waals surface area contributed by atoms with Crippen molar-refractivity contribution in [3.63, 3.8) is 0 Å². The van der Waals surface area contributed by atoms with Crippen molar-refractivity contribution in [1.29, 1.82) is 0 Å². The lowest BCUT2D eigenvalue weighted by atomic mass is 10.0. The fourth-order valence-corrected chi connectivity index (χ4v) is 4.03. The Morgan fingerprint density at radius 1 is 0.791 bits per heavy atom. The van der Waals surface area contributed by atoms with Crippen LogP contribution in [-0.4, -0.2) is 35.4 Å². The second kappa shape index (κ2) is 14.3. The van der Waals surface area contributed by atoms with Crippen LogP contribution in [0.15, 0.2) is 102 Å². The highest BCUT2D eigenvalue weighted by Crippen LogP contribution is 2.29. The number of amides is 2. The molecule has 0 atom stereocenters. The molecule has 0 aromatic heterocycles. The molecule has 0 fully saturated rings. The predicted molar refractivity (Wildman–Crippen MR) is 164 cm³/mol. The monoisotopic (exact) mass is 580 g/mol. The lowest BCUT2D eigenvalue weighted by Gasteiger charge is -2.15. The number of rotatable bonds is 11. The minimum atomic E-state index is -0.567. The lowest BCUT2D eigenvalue weighted by Crippen LogP contribution is -2.19. The van der Waals surface area contributed by atoms with Gasteiger partial charge in [-0.05, 0) is 53.4 Å². The normalized spacial score (nSPS) is 11.1. The average Bonchev–Trinajstić information content (AvgIpc) is 3.03. The molecule has 4 rings (SSSR count). The molecule has 0 radical (unpaired) electrons. The molecular formula is C33H32N4O6. The van der Waals surface area contributed by atoms with Crippen molar-refractivity contribution in [2.75, 3.05) is 17.2 Å². The van der Waals surface area contributed by atoms with Crippen LogP contribution in [0.2, 0.25) is 0 Å². The molecule has 4 aromatic rings. The third-order valence-electron chi connectivity index (χ3n) is 6.45. The molecule has 10 heteroatoms. The Hall–Kier alpha value is -5.64. The van der Waals surface area contributed by atoms with Gasteiger partial charge < -0.3 is 31.0 Å². The topological polar surface area (TPSA) is 152 Å². The number of amidine groups is 1. The van der Waals surface area contributed by atoms with Crippen molar-refractivity contribution in [2.24, 2.45) is 10.9 Å². The van der Waals surface area contributed by atoms with E-state index in [0.29, 0.717) is 17.0 Å². The molecular weight excluding hydrogens is 548 g/mol. The summed E-state index contributed by atoms with van der Waals surface area (Å²) >= 11 is 0. The first kappa shape index (κ1) is 30.3. The molecule has 0 heterocycles. The van der Waals surface area contributed by atoms with E-state index in [-0.39, 0.29) is 41.7 Å². The number of anilines is 2. The van der Waals surface area contributed by atoms with Gasteiger partial charge in [0.2, 0.25) is 0 Å². The van der Waals surface area contributed by atoms with Crippen LogP contribution >= 0.6 is 0 Å². The number of nitrogens with one attached hydrogen (secondary N) is 2. The highest BCUT2D eigenvalue weighted by atomic mass is 16.6. The van der Waals surface area contributed by atoms with Crippen LogP contribution in [0.4, 0.5) is 11.4 Å². The summed E-state index contributed by atoms with van der Waals surface area (Å²) in [6.07, 6.45) is 0. The highest BCUT2D eigenvalue weighted by Gasteiger charge is 2.16. The molecule has 5 N–H and O–H groups in total. The maximum atomic E-state index is 13.2. The van der Waals surface area contributed by atoms with E-state index in [4.69, 9.17) is 20.4 Å². The average molecular weight is 581 g/mol. The summed E-state index contributed by atoms with van der Waals surface area (Å²) in [5.74, 6) is -1.03. The molecule has 0 saturated carbocycles. The van der Waals surface area contributed by atoms with Gasteiger partial charge in [0.25, 0.3) is 11.8 Å². The summed E-state index contributed by atoms with van der Waals surface area (Å²) < 4.78 is 10.9. The second-order valence-corrected chi connectivity index (χ2v) is 9.89. The first-order valence-corrected chi connectivity index (χ1v) is 13.5. The number of ether oxygens (including phenoxy) is 2. The van der Waals surface area contributed by atoms with Gasteiger partial charge in [-0.3, -0.25) is 9.59 Å². The zero-order valence-electron chi connectivity index (χ0n) is 23.7. The van der Waals surface area contributed by atoms with Crippen LogP contribution in [0.1, 0.15) is 57.2 Å². The van der Waals surface area contributed by atoms with Gasteiger partial charge in [0.15, 0.2) is 12.4 Å². The number of benzene rings is 4. The maximum Gasteiger partial charge on any atom is 0.344 e. The molecule has 43 heavy (non-hydrogen) atoms. The first-order valence-electron chi connectivity index (χ1n) is 13.5. The summed E-state index contributed by atoms with van der Waals surface area (Å²) in [5.41, 5.74) is 9.15. The Balaban J connectivity index is 1.52. The first-order chi connectivity index (χ1) is 20.7. The molecule has 0 spiro atoms. The molecule has 10 nitrogen and oxygen atoms in total. The summed E-state index contributed by atoms with van der Waals surface area (Å²) in [4.78, 5) is 38.6. The second-order valence-electron chi connectivity index (χ2n) is 9.89. The predicted octanol–water partition coefficient (Wildman–Crippen LogP) is 5.53. The van der Waals surface area contributed by atoms with Crippen LogP contribution < -0.4 is 21.1 Å². The summed E-state index contributed by atoms with van der Waals surface area (Å²) in [5, 5.41) is 17.5. The largest absolute Gasteiger partial charge is 0.482 e. The fraction of sp³-hybridized carbons (Fsp3) is 0.152. The summed E-state index contributed by atoms with van der Waals surface area (Å²) in [6, 6.07) is 27.3. The molecule has 0 unspecified atom stereocenters. The standard InChI is InChI=1S/C33H32N4O6/c1-21(2)23-11-13-24(14-12-23)32(39)36-29-18-27(42-20-30(38)43-19-22-7-4-3-5-8-22)15-16-28(29)35-33(40)26-10-6-9-25(17-26)31(34)37-41/h3-18,21,41H,19-20H2,1-2H3,(H2,34,37)(H,35,40)(H,36,39). The van der Waals surface area contributed by atoms with Gasteiger partial charge in [0, 0.05) is 22.8 Å². The van der Waals surface area contributed by atoms with E-state index in [1.54, 1.807) is 42.5 Å². The minimum Gasteiger partial charge on any atom is -0.482 e. The van der Waals surface area contributed by atoms with E-state index in [1.165, 1.54) is 12.1 Å². The number of hydrogen-bond acceptors (Lipinski definition) is 7. The molecule has 0 aliphatic heterocycles. The van der Waals surface area contributed by atoms with Crippen LogP contribution in [0, 0.1) is 0 Å². The van der Waals surface area contributed by atoms with Crippen molar-refractivity contribution in [3.8, 4) is 5.75 Å². The van der Waals surface area contributed by atoms with Gasteiger partial charge in [-0.25, -0.2) is 4.79 Å². The van der Waals surface area contributed by atoms with Gasteiger partial charge in [-0.1, -0.05) is 73.6 Å².